The van der Waals surface area contributed by atoms with E-state index in [0.29, 0.717) is 18.9 Å². The first kappa shape index (κ1) is 14.6. The minimum absolute atomic E-state index is 0. The summed E-state index contributed by atoms with van der Waals surface area (Å²) in [4.78, 5) is 10.8. The van der Waals surface area contributed by atoms with Gasteiger partial charge in [-0.25, -0.2) is 0 Å². The number of rotatable bonds is 5. The first-order valence-corrected chi connectivity index (χ1v) is 3.92. The van der Waals surface area contributed by atoms with Crippen LogP contribution in [-0.4, -0.2) is 19.2 Å². The summed E-state index contributed by atoms with van der Waals surface area (Å²) < 4.78 is 9.56. The van der Waals surface area contributed by atoms with E-state index in [-0.39, 0.29) is 24.8 Å². The lowest BCUT2D eigenvalue weighted by atomic mass is 10.3. The molecule has 0 rings (SSSR count). The number of carbonyl (C=O) groups is 1. The van der Waals surface area contributed by atoms with Crippen molar-refractivity contribution in [3.63, 3.8) is 0 Å². The normalized spacial score (nSPS) is 10.2. The molecule has 0 saturated heterocycles. The predicted octanol–water partition coefficient (Wildman–Crippen LogP) is 1.20. The topological polar surface area (TPSA) is 61.5 Å². The van der Waals surface area contributed by atoms with Gasteiger partial charge in [-0.2, -0.15) is 0 Å². The van der Waals surface area contributed by atoms with Crippen molar-refractivity contribution in [1.82, 2.24) is 0 Å². The molecule has 0 aliphatic rings. The lowest BCUT2D eigenvalue weighted by molar-refractivity contribution is -0.142. The van der Waals surface area contributed by atoms with E-state index >= 15 is 0 Å². The monoisotopic (exact) mass is 209 g/mol. The highest BCUT2D eigenvalue weighted by Gasteiger charge is 2.02. The Morgan fingerprint density at radius 3 is 2.46 bits per heavy atom. The fourth-order valence-electron chi connectivity index (χ4n) is 0.611. The quantitative estimate of drug-likeness (QED) is 0.546. The van der Waals surface area contributed by atoms with Crippen LogP contribution in [0.5, 0.6) is 0 Å². The van der Waals surface area contributed by atoms with Gasteiger partial charge < -0.3 is 15.2 Å². The smallest absolute Gasteiger partial charge is 0.311 e. The van der Waals surface area contributed by atoms with Crippen LogP contribution < -0.4 is 5.73 Å². The fourth-order valence-corrected chi connectivity index (χ4v) is 0.611. The van der Waals surface area contributed by atoms with Gasteiger partial charge in [0.05, 0.1) is 25.3 Å². The Labute approximate surface area is 84.5 Å². The Hall–Kier alpha value is -0.900. The van der Waals surface area contributed by atoms with Crippen molar-refractivity contribution in [2.24, 2.45) is 5.73 Å². The molecule has 4 nitrogen and oxygen atoms in total. The van der Waals surface area contributed by atoms with Crippen molar-refractivity contribution < 1.29 is 14.3 Å². The molecule has 0 aliphatic carbocycles. The third-order valence-corrected chi connectivity index (χ3v) is 1.06. The van der Waals surface area contributed by atoms with E-state index in [0.717, 1.165) is 0 Å². The molecule has 2 N–H and O–H groups in total. The molecular formula is C8H16ClNO3. The Kier molecular flexibility index (Phi) is 10.3. The molecule has 0 amide bonds. The molecule has 0 fully saturated rings. The Balaban J connectivity index is 0. The molecule has 0 aromatic rings. The van der Waals surface area contributed by atoms with Crippen LogP contribution in [0.15, 0.2) is 12.0 Å². The number of hydrogen-bond donors (Lipinski definition) is 1. The SMILES string of the molecule is CCO/C=C(/N)CC(=O)OCC.Cl. The number of halogens is 1. The van der Waals surface area contributed by atoms with Crippen LogP contribution in [-0.2, 0) is 14.3 Å². The number of nitrogens with two attached hydrogens (primary N) is 1. The molecule has 78 valence electrons. The van der Waals surface area contributed by atoms with Gasteiger partial charge in [0.2, 0.25) is 0 Å². The average molecular weight is 210 g/mol. The number of carbonyl (C=O) groups excluding carboxylic acids is 1. The summed E-state index contributed by atoms with van der Waals surface area (Å²) in [5.41, 5.74) is 5.81. The summed E-state index contributed by atoms with van der Waals surface area (Å²) in [5, 5.41) is 0. The van der Waals surface area contributed by atoms with Gasteiger partial charge >= 0.3 is 5.97 Å². The van der Waals surface area contributed by atoms with Gasteiger partial charge in [0.25, 0.3) is 0 Å². The maximum atomic E-state index is 10.8. The highest BCUT2D eigenvalue weighted by molar-refractivity contribution is 5.85. The third kappa shape index (κ3) is 9.01. The summed E-state index contributed by atoms with van der Waals surface area (Å²) in [5.74, 6) is -0.328. The average Bonchev–Trinajstić information content (AvgIpc) is 2.01. The van der Waals surface area contributed by atoms with E-state index < -0.39 is 0 Å². The van der Waals surface area contributed by atoms with Crippen molar-refractivity contribution in [2.75, 3.05) is 13.2 Å². The largest absolute Gasteiger partial charge is 0.500 e. The van der Waals surface area contributed by atoms with E-state index in [1.807, 2.05) is 6.92 Å². The second kappa shape index (κ2) is 9.19. The second-order valence-corrected chi connectivity index (χ2v) is 2.13. The van der Waals surface area contributed by atoms with Crippen molar-refractivity contribution in [2.45, 2.75) is 20.3 Å². The van der Waals surface area contributed by atoms with Gasteiger partial charge in [-0.3, -0.25) is 4.79 Å². The van der Waals surface area contributed by atoms with Crippen LogP contribution >= 0.6 is 12.4 Å². The summed E-state index contributed by atoms with van der Waals surface area (Å²) in [6.45, 7) is 4.51. The van der Waals surface area contributed by atoms with Crippen LogP contribution in [0.1, 0.15) is 20.3 Å². The minimum Gasteiger partial charge on any atom is -0.500 e. The molecule has 0 atom stereocenters. The van der Waals surface area contributed by atoms with Crippen molar-refractivity contribution >= 4 is 18.4 Å². The van der Waals surface area contributed by atoms with Crippen LogP contribution in [0.4, 0.5) is 0 Å². The van der Waals surface area contributed by atoms with Crippen LogP contribution in [0.3, 0.4) is 0 Å². The van der Waals surface area contributed by atoms with E-state index in [1.54, 1.807) is 6.92 Å². The van der Waals surface area contributed by atoms with E-state index in [1.165, 1.54) is 6.26 Å². The van der Waals surface area contributed by atoms with E-state index in [9.17, 15) is 4.79 Å². The molecule has 0 heterocycles. The maximum Gasteiger partial charge on any atom is 0.311 e. The van der Waals surface area contributed by atoms with Gasteiger partial charge in [0.15, 0.2) is 0 Å². The molecule has 0 saturated carbocycles. The summed E-state index contributed by atoms with van der Waals surface area (Å²) in [6, 6.07) is 0. The van der Waals surface area contributed by atoms with Crippen LogP contribution in [0.2, 0.25) is 0 Å². The Morgan fingerprint density at radius 1 is 1.38 bits per heavy atom. The molecule has 0 unspecified atom stereocenters. The first-order valence-electron chi connectivity index (χ1n) is 3.92. The van der Waals surface area contributed by atoms with Crippen molar-refractivity contribution in [3.8, 4) is 0 Å². The zero-order valence-electron chi connectivity index (χ0n) is 7.91. The molecule has 13 heavy (non-hydrogen) atoms. The molecular weight excluding hydrogens is 194 g/mol. The second-order valence-electron chi connectivity index (χ2n) is 2.13. The van der Waals surface area contributed by atoms with Crippen LogP contribution in [0, 0.1) is 0 Å². The third-order valence-electron chi connectivity index (χ3n) is 1.06. The zero-order chi connectivity index (χ0) is 9.40. The predicted molar refractivity (Wildman–Crippen MR) is 52.4 cm³/mol. The molecule has 0 aromatic carbocycles. The summed E-state index contributed by atoms with van der Waals surface area (Å²) >= 11 is 0. The number of esters is 1. The highest BCUT2D eigenvalue weighted by Crippen LogP contribution is 1.95. The zero-order valence-corrected chi connectivity index (χ0v) is 8.73. The molecule has 5 heteroatoms. The molecule has 0 spiro atoms. The first-order chi connectivity index (χ1) is 5.70. The fraction of sp³-hybridized carbons (Fsp3) is 0.625. The lowest BCUT2D eigenvalue weighted by Gasteiger charge is -2.01. The van der Waals surface area contributed by atoms with Crippen LogP contribution in [0.25, 0.3) is 0 Å². The van der Waals surface area contributed by atoms with E-state index in [2.05, 4.69) is 4.74 Å². The number of hydrogen-bond acceptors (Lipinski definition) is 4. The standard InChI is InChI=1S/C8H15NO3.ClH/c1-3-11-6-7(9)5-8(10)12-4-2;/h6H,3-5,9H2,1-2H3;1H/b7-6+;. The van der Waals surface area contributed by atoms with E-state index in [4.69, 9.17) is 10.5 Å². The minimum atomic E-state index is -0.328. The molecule has 0 radical (unpaired) electrons. The van der Waals surface area contributed by atoms with Gasteiger partial charge in [0.1, 0.15) is 6.26 Å². The summed E-state index contributed by atoms with van der Waals surface area (Å²) in [6.07, 6.45) is 1.46. The van der Waals surface area contributed by atoms with Gasteiger partial charge in [-0.05, 0) is 13.8 Å². The summed E-state index contributed by atoms with van der Waals surface area (Å²) in [7, 11) is 0. The van der Waals surface area contributed by atoms with Crippen molar-refractivity contribution in [1.29, 1.82) is 0 Å². The lowest BCUT2D eigenvalue weighted by Crippen LogP contribution is -2.10. The maximum absolute atomic E-state index is 10.8. The Morgan fingerprint density at radius 2 is 2.00 bits per heavy atom. The Bertz CT molecular complexity index is 171. The number of ether oxygens (including phenoxy) is 2. The molecule has 0 aromatic heterocycles. The van der Waals surface area contributed by atoms with Gasteiger partial charge in [-0.15, -0.1) is 12.4 Å². The van der Waals surface area contributed by atoms with Crippen molar-refractivity contribution in [3.05, 3.63) is 12.0 Å². The highest BCUT2D eigenvalue weighted by atomic mass is 35.5. The van der Waals surface area contributed by atoms with Gasteiger partial charge in [0, 0.05) is 0 Å². The molecule has 0 bridgehead atoms. The molecule has 0 aliphatic heterocycles. The van der Waals surface area contributed by atoms with Gasteiger partial charge in [-0.1, -0.05) is 0 Å².